The molecule has 1 unspecified atom stereocenters. The highest BCUT2D eigenvalue weighted by Crippen LogP contribution is 2.15. The standard InChI is InChI=1S/C60H102O6/c1-4-7-10-13-16-19-22-25-28-30-33-35-38-41-44-47-50-53-59(62)65-56-57(55-64-58(61)52-49-46-43-40-37-34-31-27-24-21-18-15-12-9-6-3)66-60(63)54-51-48-45-42-39-36-32-29-26-23-20-17-14-11-8-5-2/h7,10,16,18-19,21,25,27-28,31,33,35,41,44,57H,4-6,8-9,11-15,17,20,22-24,26,29-30,32,34,36-40,42-43,45-56H2,1-3H3/b10-7-,19-16-,21-18-,28-25-,31-27-,35-33-,44-41-. The summed E-state index contributed by atoms with van der Waals surface area (Å²) in [5, 5.41) is 0. The molecule has 66 heavy (non-hydrogen) atoms. The molecule has 378 valence electrons. The molecule has 1 atom stereocenters. The van der Waals surface area contributed by atoms with Gasteiger partial charge in [0.25, 0.3) is 0 Å². The Morgan fingerprint density at radius 3 is 1.02 bits per heavy atom. The molecule has 0 heterocycles. The summed E-state index contributed by atoms with van der Waals surface area (Å²) in [6.45, 7) is 6.45. The lowest BCUT2D eigenvalue weighted by Crippen LogP contribution is -2.30. The van der Waals surface area contributed by atoms with Crippen molar-refractivity contribution in [3.05, 3.63) is 85.1 Å². The molecule has 0 spiro atoms. The minimum Gasteiger partial charge on any atom is -0.462 e. The van der Waals surface area contributed by atoms with Crippen molar-refractivity contribution in [2.75, 3.05) is 13.2 Å². The Bertz CT molecular complexity index is 1290. The Labute approximate surface area is 407 Å². The van der Waals surface area contributed by atoms with E-state index in [1.807, 2.05) is 0 Å². The van der Waals surface area contributed by atoms with Crippen molar-refractivity contribution >= 4 is 17.9 Å². The first-order valence-electron chi connectivity index (χ1n) is 27.6. The normalized spacial score (nSPS) is 12.7. The zero-order chi connectivity index (χ0) is 47.9. The van der Waals surface area contributed by atoms with Crippen molar-refractivity contribution in [1.82, 2.24) is 0 Å². The van der Waals surface area contributed by atoms with E-state index in [0.29, 0.717) is 19.3 Å². The van der Waals surface area contributed by atoms with Crippen LogP contribution in [0.15, 0.2) is 85.1 Å². The van der Waals surface area contributed by atoms with E-state index < -0.39 is 6.10 Å². The minimum absolute atomic E-state index is 0.100. The van der Waals surface area contributed by atoms with Crippen molar-refractivity contribution in [2.24, 2.45) is 0 Å². The molecule has 0 aromatic carbocycles. The molecule has 0 N–H and O–H groups in total. The quantitative estimate of drug-likeness (QED) is 0.0262. The zero-order valence-electron chi connectivity index (χ0n) is 43.2. The van der Waals surface area contributed by atoms with Gasteiger partial charge in [-0.25, -0.2) is 0 Å². The molecule has 0 aliphatic heterocycles. The van der Waals surface area contributed by atoms with Gasteiger partial charge in [-0.3, -0.25) is 14.4 Å². The van der Waals surface area contributed by atoms with Gasteiger partial charge in [0, 0.05) is 19.3 Å². The highest BCUT2D eigenvalue weighted by atomic mass is 16.6. The monoisotopic (exact) mass is 919 g/mol. The molecule has 0 rings (SSSR count). The van der Waals surface area contributed by atoms with Crippen LogP contribution in [0.25, 0.3) is 0 Å². The molecular formula is C60H102O6. The van der Waals surface area contributed by atoms with Crippen LogP contribution in [-0.2, 0) is 28.6 Å². The molecule has 0 fully saturated rings. The topological polar surface area (TPSA) is 78.9 Å². The van der Waals surface area contributed by atoms with Gasteiger partial charge < -0.3 is 14.2 Å². The Morgan fingerprint density at radius 1 is 0.318 bits per heavy atom. The van der Waals surface area contributed by atoms with Crippen LogP contribution < -0.4 is 0 Å². The molecule has 0 aromatic heterocycles. The number of rotatable bonds is 49. The fourth-order valence-corrected chi connectivity index (χ4v) is 7.51. The SMILES string of the molecule is CC/C=C\C/C=C\C/C=C\C/C=C\C/C=C\CCCC(=O)OCC(COC(=O)CCCCCCC/C=C\C/C=C\CCCCC)OC(=O)CCCCCCCCCCCCCCCCCC. The summed E-state index contributed by atoms with van der Waals surface area (Å²) >= 11 is 0. The Hall–Kier alpha value is -3.41. The number of unbranched alkanes of at least 4 members (excludes halogenated alkanes) is 24. The molecule has 0 bridgehead atoms. The molecule has 0 amide bonds. The summed E-state index contributed by atoms with van der Waals surface area (Å²) in [5.41, 5.74) is 0. The van der Waals surface area contributed by atoms with Crippen molar-refractivity contribution in [3.63, 3.8) is 0 Å². The van der Waals surface area contributed by atoms with Crippen LogP contribution in [0, 0.1) is 0 Å². The Balaban J connectivity index is 4.48. The van der Waals surface area contributed by atoms with Crippen LogP contribution in [0.2, 0.25) is 0 Å². The van der Waals surface area contributed by atoms with Crippen molar-refractivity contribution in [1.29, 1.82) is 0 Å². The smallest absolute Gasteiger partial charge is 0.306 e. The minimum atomic E-state index is -0.804. The molecule has 0 radical (unpaired) electrons. The average Bonchev–Trinajstić information content (AvgIpc) is 3.31. The number of esters is 3. The van der Waals surface area contributed by atoms with Crippen LogP contribution in [-0.4, -0.2) is 37.2 Å². The lowest BCUT2D eigenvalue weighted by molar-refractivity contribution is -0.167. The van der Waals surface area contributed by atoms with Gasteiger partial charge in [-0.1, -0.05) is 234 Å². The second-order valence-corrected chi connectivity index (χ2v) is 18.1. The first-order chi connectivity index (χ1) is 32.5. The molecular weight excluding hydrogens is 817 g/mol. The lowest BCUT2D eigenvalue weighted by Gasteiger charge is -2.18. The molecule has 0 saturated carbocycles. The highest BCUT2D eigenvalue weighted by molar-refractivity contribution is 5.71. The van der Waals surface area contributed by atoms with Crippen molar-refractivity contribution in [2.45, 2.75) is 264 Å². The first kappa shape index (κ1) is 62.6. The summed E-state index contributed by atoms with van der Waals surface area (Å²) < 4.78 is 16.8. The van der Waals surface area contributed by atoms with E-state index in [-0.39, 0.29) is 37.5 Å². The number of carbonyl (C=O) groups is 3. The van der Waals surface area contributed by atoms with Crippen LogP contribution in [0.4, 0.5) is 0 Å². The van der Waals surface area contributed by atoms with Gasteiger partial charge >= 0.3 is 17.9 Å². The van der Waals surface area contributed by atoms with E-state index in [2.05, 4.69) is 106 Å². The van der Waals surface area contributed by atoms with Crippen molar-refractivity contribution in [3.8, 4) is 0 Å². The third-order valence-electron chi connectivity index (χ3n) is 11.6. The fourth-order valence-electron chi connectivity index (χ4n) is 7.51. The third-order valence-corrected chi connectivity index (χ3v) is 11.6. The van der Waals surface area contributed by atoms with Crippen molar-refractivity contribution < 1.29 is 28.6 Å². The van der Waals surface area contributed by atoms with E-state index in [9.17, 15) is 14.4 Å². The maximum atomic E-state index is 12.8. The van der Waals surface area contributed by atoms with E-state index in [4.69, 9.17) is 14.2 Å². The van der Waals surface area contributed by atoms with Gasteiger partial charge in [-0.15, -0.1) is 0 Å². The molecule has 0 aromatic rings. The summed E-state index contributed by atoms with van der Waals surface area (Å²) in [4.78, 5) is 38.1. The first-order valence-corrected chi connectivity index (χ1v) is 27.6. The van der Waals surface area contributed by atoms with E-state index >= 15 is 0 Å². The highest BCUT2D eigenvalue weighted by Gasteiger charge is 2.19. The molecule has 0 saturated heterocycles. The lowest BCUT2D eigenvalue weighted by atomic mass is 10.0. The molecule has 0 aliphatic carbocycles. The predicted molar refractivity (Wildman–Crippen MR) is 284 cm³/mol. The number of hydrogen-bond acceptors (Lipinski definition) is 6. The third kappa shape index (κ3) is 51.6. The van der Waals surface area contributed by atoms with Crippen LogP contribution in [0.3, 0.4) is 0 Å². The van der Waals surface area contributed by atoms with Crippen LogP contribution >= 0.6 is 0 Å². The molecule has 6 heteroatoms. The maximum Gasteiger partial charge on any atom is 0.306 e. The molecule has 6 nitrogen and oxygen atoms in total. The summed E-state index contributed by atoms with van der Waals surface area (Å²) in [5.74, 6) is -0.967. The Morgan fingerprint density at radius 2 is 0.606 bits per heavy atom. The summed E-state index contributed by atoms with van der Waals surface area (Å²) in [6, 6.07) is 0. The number of hydrogen-bond donors (Lipinski definition) is 0. The fraction of sp³-hybridized carbons (Fsp3) is 0.717. The summed E-state index contributed by atoms with van der Waals surface area (Å²) in [6.07, 6.45) is 70.0. The van der Waals surface area contributed by atoms with Gasteiger partial charge in [0.15, 0.2) is 6.10 Å². The number of carbonyl (C=O) groups excluding carboxylic acids is 3. The van der Waals surface area contributed by atoms with E-state index in [1.165, 1.54) is 109 Å². The van der Waals surface area contributed by atoms with Gasteiger partial charge in [0.05, 0.1) is 0 Å². The van der Waals surface area contributed by atoms with Gasteiger partial charge in [0.2, 0.25) is 0 Å². The number of ether oxygens (including phenoxy) is 3. The van der Waals surface area contributed by atoms with E-state index in [0.717, 1.165) is 103 Å². The van der Waals surface area contributed by atoms with Gasteiger partial charge in [0.1, 0.15) is 13.2 Å². The Kier molecular flexibility index (Phi) is 51.4. The molecule has 0 aliphatic rings. The predicted octanol–water partition coefficient (Wildman–Crippen LogP) is 18.4. The largest absolute Gasteiger partial charge is 0.462 e. The summed E-state index contributed by atoms with van der Waals surface area (Å²) in [7, 11) is 0. The maximum absolute atomic E-state index is 12.8. The van der Waals surface area contributed by atoms with Crippen LogP contribution in [0.1, 0.15) is 258 Å². The average molecular weight is 919 g/mol. The second-order valence-electron chi connectivity index (χ2n) is 18.1. The van der Waals surface area contributed by atoms with Gasteiger partial charge in [-0.05, 0) is 89.9 Å². The van der Waals surface area contributed by atoms with E-state index in [1.54, 1.807) is 0 Å². The second kappa shape index (κ2) is 54.2. The van der Waals surface area contributed by atoms with Crippen LogP contribution in [0.5, 0.6) is 0 Å². The zero-order valence-corrected chi connectivity index (χ0v) is 43.2. The van der Waals surface area contributed by atoms with Gasteiger partial charge in [-0.2, -0.15) is 0 Å². The number of allylic oxidation sites excluding steroid dienone is 14.